The van der Waals surface area contributed by atoms with Crippen LogP contribution in [0.3, 0.4) is 0 Å². The summed E-state index contributed by atoms with van der Waals surface area (Å²) in [5.74, 6) is 0.870. The second kappa shape index (κ2) is 6.21. The minimum atomic E-state index is 0.682. The quantitative estimate of drug-likeness (QED) is 0.847. The molecule has 0 heterocycles. The average Bonchev–Trinajstić information content (AvgIpc) is 2.28. The summed E-state index contributed by atoms with van der Waals surface area (Å²) in [7, 11) is 0. The number of halogens is 2. The van der Waals surface area contributed by atoms with Gasteiger partial charge in [0.15, 0.2) is 0 Å². The lowest BCUT2D eigenvalue weighted by Crippen LogP contribution is -2.33. The summed E-state index contributed by atoms with van der Waals surface area (Å²) in [4.78, 5) is 0. The molecule has 0 aliphatic heterocycles. The first-order valence-electron chi connectivity index (χ1n) is 6.32. The van der Waals surface area contributed by atoms with Gasteiger partial charge in [0, 0.05) is 22.1 Å². The Hall–Kier alpha value is -0.0500. The summed E-state index contributed by atoms with van der Waals surface area (Å²) in [5.41, 5.74) is 1.28. The minimum absolute atomic E-state index is 0.682. The van der Waals surface area contributed by atoms with E-state index in [9.17, 15) is 0 Å². The van der Waals surface area contributed by atoms with Crippen molar-refractivity contribution in [2.24, 2.45) is 5.92 Å². The zero-order valence-corrected chi connectivity index (χ0v) is 12.5. The molecule has 0 saturated heterocycles. The fraction of sp³-hybridized carbons (Fsp3) is 0.571. The smallest absolute Gasteiger partial charge is 0.0417 e. The molecule has 0 aromatic heterocycles. The predicted octanol–water partition coefficient (Wildman–Crippen LogP) is 4.77. The van der Waals surface area contributed by atoms with Gasteiger partial charge >= 0.3 is 0 Å². The highest BCUT2D eigenvalue weighted by atomic mass is 79.9. The van der Waals surface area contributed by atoms with Crippen molar-refractivity contribution in [3.63, 3.8) is 0 Å². The normalized spacial score (nSPS) is 24.9. The highest BCUT2D eigenvalue weighted by Gasteiger charge is 2.18. The molecule has 2 rings (SSSR count). The molecular weight excluding hydrogens is 298 g/mol. The van der Waals surface area contributed by atoms with Gasteiger partial charge in [0.2, 0.25) is 0 Å². The van der Waals surface area contributed by atoms with Crippen molar-refractivity contribution < 1.29 is 0 Å². The molecule has 2 unspecified atom stereocenters. The first-order chi connectivity index (χ1) is 8.15. The Morgan fingerprint density at radius 2 is 2.24 bits per heavy atom. The van der Waals surface area contributed by atoms with Gasteiger partial charge in [-0.3, -0.25) is 0 Å². The second-order valence-electron chi connectivity index (χ2n) is 5.09. The van der Waals surface area contributed by atoms with Crippen LogP contribution in [0.15, 0.2) is 22.7 Å². The molecule has 0 radical (unpaired) electrons. The largest absolute Gasteiger partial charge is 0.310 e. The van der Waals surface area contributed by atoms with Crippen LogP contribution >= 0.6 is 27.5 Å². The number of rotatable bonds is 3. The monoisotopic (exact) mass is 315 g/mol. The zero-order valence-electron chi connectivity index (χ0n) is 10.2. The highest BCUT2D eigenvalue weighted by Crippen LogP contribution is 2.25. The van der Waals surface area contributed by atoms with Gasteiger partial charge in [-0.15, -0.1) is 0 Å². The van der Waals surface area contributed by atoms with Crippen LogP contribution in [0.25, 0.3) is 0 Å². The lowest BCUT2D eigenvalue weighted by molar-refractivity contribution is 0.300. The Morgan fingerprint density at radius 3 is 2.94 bits per heavy atom. The van der Waals surface area contributed by atoms with E-state index in [4.69, 9.17) is 11.6 Å². The number of hydrogen-bond donors (Lipinski definition) is 1. The van der Waals surface area contributed by atoms with E-state index >= 15 is 0 Å². The molecular formula is C14H19BrClN. The molecule has 1 aromatic rings. The fourth-order valence-corrected chi connectivity index (χ4v) is 3.36. The van der Waals surface area contributed by atoms with Crippen molar-refractivity contribution in [3.05, 3.63) is 33.3 Å². The molecule has 0 bridgehead atoms. The van der Waals surface area contributed by atoms with Crippen LogP contribution in [0.5, 0.6) is 0 Å². The van der Waals surface area contributed by atoms with Crippen LogP contribution in [0.2, 0.25) is 5.02 Å². The topological polar surface area (TPSA) is 12.0 Å². The van der Waals surface area contributed by atoms with E-state index in [2.05, 4.69) is 34.2 Å². The number of benzene rings is 1. The van der Waals surface area contributed by atoms with Gasteiger partial charge in [-0.1, -0.05) is 53.4 Å². The van der Waals surface area contributed by atoms with E-state index in [1.807, 2.05) is 12.1 Å². The molecule has 0 amide bonds. The highest BCUT2D eigenvalue weighted by molar-refractivity contribution is 9.10. The van der Waals surface area contributed by atoms with Crippen molar-refractivity contribution in [1.29, 1.82) is 0 Å². The Bertz CT molecular complexity index is 380. The van der Waals surface area contributed by atoms with Crippen molar-refractivity contribution in [2.75, 3.05) is 0 Å². The number of nitrogens with one attached hydrogen (secondary N) is 1. The van der Waals surface area contributed by atoms with Crippen LogP contribution in [0.4, 0.5) is 0 Å². The SMILES string of the molecule is CC1CCCC(NCc2ccc(Cl)cc2Br)C1. The minimum Gasteiger partial charge on any atom is -0.310 e. The van der Waals surface area contributed by atoms with E-state index in [0.717, 1.165) is 22.0 Å². The molecule has 0 spiro atoms. The third kappa shape index (κ3) is 3.97. The molecule has 1 aliphatic rings. The Kier molecular flexibility index (Phi) is 4.89. The van der Waals surface area contributed by atoms with Crippen molar-refractivity contribution in [1.82, 2.24) is 5.32 Å². The summed E-state index contributed by atoms with van der Waals surface area (Å²) >= 11 is 9.49. The maximum atomic E-state index is 5.93. The van der Waals surface area contributed by atoms with Gasteiger partial charge in [-0.05, 0) is 36.5 Å². The van der Waals surface area contributed by atoms with Crippen molar-refractivity contribution in [3.8, 4) is 0 Å². The zero-order chi connectivity index (χ0) is 12.3. The van der Waals surface area contributed by atoms with Gasteiger partial charge in [0.25, 0.3) is 0 Å². The van der Waals surface area contributed by atoms with E-state index in [1.165, 1.54) is 31.2 Å². The van der Waals surface area contributed by atoms with Gasteiger partial charge in [0.05, 0.1) is 0 Å². The maximum Gasteiger partial charge on any atom is 0.0417 e. The molecule has 2 atom stereocenters. The molecule has 1 saturated carbocycles. The van der Waals surface area contributed by atoms with E-state index in [1.54, 1.807) is 0 Å². The van der Waals surface area contributed by atoms with Crippen LogP contribution in [-0.4, -0.2) is 6.04 Å². The van der Waals surface area contributed by atoms with Gasteiger partial charge < -0.3 is 5.32 Å². The summed E-state index contributed by atoms with van der Waals surface area (Å²) in [6.45, 7) is 3.28. The molecule has 3 heteroatoms. The summed E-state index contributed by atoms with van der Waals surface area (Å²) < 4.78 is 1.10. The molecule has 1 N–H and O–H groups in total. The average molecular weight is 317 g/mol. The Morgan fingerprint density at radius 1 is 1.41 bits per heavy atom. The fourth-order valence-electron chi connectivity index (χ4n) is 2.54. The van der Waals surface area contributed by atoms with E-state index < -0.39 is 0 Å². The van der Waals surface area contributed by atoms with Crippen molar-refractivity contribution >= 4 is 27.5 Å². The lowest BCUT2D eigenvalue weighted by atomic mass is 9.87. The molecule has 1 aromatic carbocycles. The Labute approximate surface area is 117 Å². The van der Waals surface area contributed by atoms with Gasteiger partial charge in [-0.25, -0.2) is 0 Å². The van der Waals surface area contributed by atoms with Crippen LogP contribution < -0.4 is 5.32 Å². The third-order valence-corrected chi connectivity index (χ3v) is 4.51. The molecule has 1 nitrogen and oxygen atoms in total. The summed E-state index contributed by atoms with van der Waals surface area (Å²) in [6.07, 6.45) is 5.38. The molecule has 1 aliphatic carbocycles. The first-order valence-corrected chi connectivity index (χ1v) is 7.49. The first kappa shape index (κ1) is 13.4. The van der Waals surface area contributed by atoms with Gasteiger partial charge in [0.1, 0.15) is 0 Å². The predicted molar refractivity (Wildman–Crippen MR) is 77.4 cm³/mol. The molecule has 94 valence electrons. The summed E-state index contributed by atoms with van der Waals surface area (Å²) in [5, 5.41) is 4.44. The maximum absolute atomic E-state index is 5.93. The second-order valence-corrected chi connectivity index (χ2v) is 6.38. The van der Waals surface area contributed by atoms with Crippen LogP contribution in [-0.2, 0) is 6.54 Å². The molecule has 1 fully saturated rings. The number of hydrogen-bond acceptors (Lipinski definition) is 1. The standard InChI is InChI=1S/C14H19BrClN/c1-10-3-2-4-13(7-10)17-9-11-5-6-12(16)8-14(11)15/h5-6,8,10,13,17H,2-4,7,9H2,1H3. The summed E-state index contributed by atoms with van der Waals surface area (Å²) in [6, 6.07) is 6.68. The van der Waals surface area contributed by atoms with E-state index in [0.29, 0.717) is 6.04 Å². The van der Waals surface area contributed by atoms with Gasteiger partial charge in [-0.2, -0.15) is 0 Å². The Balaban J connectivity index is 1.88. The van der Waals surface area contributed by atoms with E-state index in [-0.39, 0.29) is 0 Å². The lowest BCUT2D eigenvalue weighted by Gasteiger charge is -2.27. The van der Waals surface area contributed by atoms with Crippen molar-refractivity contribution in [2.45, 2.75) is 45.2 Å². The third-order valence-electron chi connectivity index (χ3n) is 3.53. The van der Waals surface area contributed by atoms with Crippen LogP contribution in [0, 0.1) is 5.92 Å². The van der Waals surface area contributed by atoms with Crippen LogP contribution in [0.1, 0.15) is 38.2 Å². The molecule has 17 heavy (non-hydrogen) atoms.